The number of carbonyl (C=O) groups excluding carboxylic acids is 1. The number of benzene rings is 2. The van der Waals surface area contributed by atoms with Crippen molar-refractivity contribution in [3.05, 3.63) is 52.6 Å². The minimum atomic E-state index is -4.23. The minimum absolute atomic E-state index is 0.0573. The number of anilines is 1. The molecule has 0 aromatic heterocycles. The van der Waals surface area contributed by atoms with Crippen LogP contribution in [-0.2, 0) is 14.8 Å². The van der Waals surface area contributed by atoms with Gasteiger partial charge in [-0.25, -0.2) is 8.42 Å². The summed E-state index contributed by atoms with van der Waals surface area (Å²) in [5.41, 5.74) is -0.229. The van der Waals surface area contributed by atoms with Gasteiger partial charge in [-0.15, -0.1) is 0 Å². The van der Waals surface area contributed by atoms with E-state index in [9.17, 15) is 23.3 Å². The molecule has 160 valence electrons. The fraction of sp³-hybridized carbons (Fsp3) is 0.316. The predicted octanol–water partition coefficient (Wildman–Crippen LogP) is 2.09. The summed E-state index contributed by atoms with van der Waals surface area (Å²) in [5, 5.41) is 14.0. The van der Waals surface area contributed by atoms with E-state index in [4.69, 9.17) is 9.47 Å². The van der Waals surface area contributed by atoms with Crippen LogP contribution in [0.4, 0.5) is 11.4 Å². The molecule has 1 aliphatic rings. The first-order valence-corrected chi connectivity index (χ1v) is 10.6. The van der Waals surface area contributed by atoms with Gasteiger partial charge >= 0.3 is 5.69 Å². The van der Waals surface area contributed by atoms with Crippen LogP contribution in [0.3, 0.4) is 0 Å². The van der Waals surface area contributed by atoms with Gasteiger partial charge < -0.3 is 14.8 Å². The number of hydrogen-bond donors (Lipinski definition) is 1. The number of para-hydroxylation sites is 2. The van der Waals surface area contributed by atoms with Crippen molar-refractivity contribution >= 4 is 27.3 Å². The monoisotopic (exact) mass is 435 g/mol. The number of nitro groups is 1. The summed E-state index contributed by atoms with van der Waals surface area (Å²) in [6.07, 6.45) is -0.346. The molecule has 1 aliphatic heterocycles. The van der Waals surface area contributed by atoms with Crippen molar-refractivity contribution in [2.75, 3.05) is 24.5 Å². The lowest BCUT2D eigenvalue weighted by molar-refractivity contribution is -0.386. The van der Waals surface area contributed by atoms with Gasteiger partial charge in [0.25, 0.3) is 15.9 Å². The Morgan fingerprint density at radius 3 is 2.73 bits per heavy atom. The predicted molar refractivity (Wildman–Crippen MR) is 108 cm³/mol. The SMILES string of the molecule is CCCNC(=O)C1CN(S(=O)(=O)c2ccc(OC)c([N+](=O)[O-])c2)c2ccccc2O1. The Balaban J connectivity index is 2.04. The molecule has 1 atom stereocenters. The molecule has 30 heavy (non-hydrogen) atoms. The van der Waals surface area contributed by atoms with Crippen LogP contribution in [0.1, 0.15) is 13.3 Å². The summed E-state index contributed by atoms with van der Waals surface area (Å²) < 4.78 is 38.4. The Bertz CT molecular complexity index is 1070. The highest BCUT2D eigenvalue weighted by atomic mass is 32.2. The fourth-order valence-corrected chi connectivity index (χ4v) is 4.53. The molecule has 1 unspecified atom stereocenters. The van der Waals surface area contributed by atoms with E-state index in [0.717, 1.165) is 10.4 Å². The number of nitrogens with one attached hydrogen (secondary N) is 1. The normalized spacial score (nSPS) is 15.7. The van der Waals surface area contributed by atoms with Crippen molar-refractivity contribution in [2.24, 2.45) is 0 Å². The standard InChI is InChI=1S/C19H21N3O7S/c1-3-10-20-19(23)18-12-21(14-6-4-5-7-17(14)29-18)30(26,27)13-8-9-16(28-2)15(11-13)22(24)25/h4-9,11,18H,3,10,12H2,1-2H3,(H,20,23). The van der Waals surface area contributed by atoms with Gasteiger partial charge in [-0.3, -0.25) is 19.2 Å². The molecular formula is C19H21N3O7S. The van der Waals surface area contributed by atoms with Crippen molar-refractivity contribution in [2.45, 2.75) is 24.3 Å². The van der Waals surface area contributed by atoms with Crippen molar-refractivity contribution in [3.8, 4) is 11.5 Å². The van der Waals surface area contributed by atoms with Gasteiger partial charge in [0.05, 0.1) is 29.2 Å². The molecule has 2 aromatic rings. The second-order valence-corrected chi connectivity index (χ2v) is 8.35. The third-order valence-corrected chi connectivity index (χ3v) is 6.29. The highest BCUT2D eigenvalue weighted by Gasteiger charge is 2.38. The minimum Gasteiger partial charge on any atom is -0.490 e. The van der Waals surface area contributed by atoms with Crippen LogP contribution in [-0.4, -0.2) is 45.6 Å². The summed E-state index contributed by atoms with van der Waals surface area (Å²) in [5.74, 6) is -0.266. The Morgan fingerprint density at radius 2 is 2.07 bits per heavy atom. The van der Waals surface area contributed by atoms with E-state index >= 15 is 0 Å². The van der Waals surface area contributed by atoms with E-state index in [1.54, 1.807) is 24.3 Å². The zero-order valence-electron chi connectivity index (χ0n) is 16.4. The smallest absolute Gasteiger partial charge is 0.312 e. The third-order valence-electron chi connectivity index (χ3n) is 4.51. The van der Waals surface area contributed by atoms with Gasteiger partial charge in [0.1, 0.15) is 5.75 Å². The van der Waals surface area contributed by atoms with Crippen LogP contribution < -0.4 is 19.1 Å². The Morgan fingerprint density at radius 1 is 1.33 bits per heavy atom. The molecule has 0 saturated carbocycles. The molecule has 11 heteroatoms. The highest BCUT2D eigenvalue weighted by molar-refractivity contribution is 7.92. The molecular weight excluding hydrogens is 414 g/mol. The van der Waals surface area contributed by atoms with E-state index < -0.39 is 32.6 Å². The van der Waals surface area contributed by atoms with E-state index in [1.165, 1.54) is 19.2 Å². The van der Waals surface area contributed by atoms with Crippen molar-refractivity contribution in [1.29, 1.82) is 0 Å². The second kappa shape index (κ2) is 8.57. The molecule has 1 N–H and O–H groups in total. The molecule has 3 rings (SSSR count). The molecule has 2 aromatic carbocycles. The number of amides is 1. The first-order chi connectivity index (χ1) is 14.3. The largest absolute Gasteiger partial charge is 0.490 e. The summed E-state index contributed by atoms with van der Waals surface area (Å²) in [7, 11) is -2.97. The Labute approximate surface area is 173 Å². The molecule has 0 saturated heterocycles. The van der Waals surface area contributed by atoms with Crippen LogP contribution in [0.5, 0.6) is 11.5 Å². The molecule has 10 nitrogen and oxygen atoms in total. The second-order valence-electron chi connectivity index (χ2n) is 6.49. The zero-order valence-corrected chi connectivity index (χ0v) is 17.2. The molecule has 0 aliphatic carbocycles. The molecule has 0 fully saturated rings. The van der Waals surface area contributed by atoms with Gasteiger partial charge in [0.2, 0.25) is 0 Å². The zero-order chi connectivity index (χ0) is 21.9. The average Bonchev–Trinajstić information content (AvgIpc) is 2.75. The van der Waals surface area contributed by atoms with Crippen molar-refractivity contribution in [1.82, 2.24) is 5.32 Å². The van der Waals surface area contributed by atoms with Crippen LogP contribution in [0.15, 0.2) is 47.4 Å². The number of rotatable bonds is 7. The highest BCUT2D eigenvalue weighted by Crippen LogP contribution is 2.38. The number of fused-ring (bicyclic) bond motifs is 1. The lowest BCUT2D eigenvalue weighted by atomic mass is 10.2. The van der Waals surface area contributed by atoms with Gasteiger partial charge in [-0.05, 0) is 30.7 Å². The summed E-state index contributed by atoms with van der Waals surface area (Å²) >= 11 is 0. The lowest BCUT2D eigenvalue weighted by Gasteiger charge is -2.34. The van der Waals surface area contributed by atoms with E-state index in [1.807, 2.05) is 6.92 Å². The van der Waals surface area contributed by atoms with Gasteiger partial charge in [0.15, 0.2) is 11.9 Å². The third kappa shape index (κ3) is 4.01. The van der Waals surface area contributed by atoms with Crippen LogP contribution >= 0.6 is 0 Å². The van der Waals surface area contributed by atoms with Crippen LogP contribution in [0.2, 0.25) is 0 Å². The molecule has 0 radical (unpaired) electrons. The molecule has 0 bridgehead atoms. The maximum Gasteiger partial charge on any atom is 0.312 e. The summed E-state index contributed by atoms with van der Waals surface area (Å²) in [6, 6.07) is 9.80. The first-order valence-electron chi connectivity index (χ1n) is 9.18. The van der Waals surface area contributed by atoms with Crippen LogP contribution in [0.25, 0.3) is 0 Å². The number of carbonyl (C=O) groups is 1. The number of ether oxygens (including phenoxy) is 2. The van der Waals surface area contributed by atoms with Gasteiger partial charge in [0, 0.05) is 12.6 Å². The maximum absolute atomic E-state index is 13.4. The van der Waals surface area contributed by atoms with Crippen LogP contribution in [0, 0.1) is 10.1 Å². The average molecular weight is 435 g/mol. The molecule has 1 amide bonds. The Hall–Kier alpha value is -3.34. The maximum atomic E-state index is 13.4. The summed E-state index contributed by atoms with van der Waals surface area (Å²) in [6.45, 7) is 2.05. The number of methoxy groups -OCH3 is 1. The number of sulfonamides is 1. The number of hydrogen-bond acceptors (Lipinski definition) is 7. The Kier molecular flexibility index (Phi) is 6.11. The molecule has 0 spiro atoms. The van der Waals surface area contributed by atoms with E-state index in [0.29, 0.717) is 13.0 Å². The van der Waals surface area contributed by atoms with E-state index in [-0.39, 0.29) is 28.6 Å². The summed E-state index contributed by atoms with van der Waals surface area (Å²) in [4.78, 5) is 22.8. The number of nitrogens with zero attached hydrogens (tertiary/aromatic N) is 2. The van der Waals surface area contributed by atoms with Crippen molar-refractivity contribution in [3.63, 3.8) is 0 Å². The van der Waals surface area contributed by atoms with E-state index in [2.05, 4.69) is 5.32 Å². The number of nitro benzene ring substituents is 1. The van der Waals surface area contributed by atoms with Gasteiger partial charge in [-0.1, -0.05) is 19.1 Å². The lowest BCUT2D eigenvalue weighted by Crippen LogP contribution is -2.50. The topological polar surface area (TPSA) is 128 Å². The van der Waals surface area contributed by atoms with Crippen molar-refractivity contribution < 1.29 is 27.6 Å². The van der Waals surface area contributed by atoms with Gasteiger partial charge in [-0.2, -0.15) is 0 Å². The first kappa shape index (κ1) is 21.4. The fourth-order valence-electron chi connectivity index (χ4n) is 3.03. The quantitative estimate of drug-likeness (QED) is 0.521. The molecule has 1 heterocycles.